The summed E-state index contributed by atoms with van der Waals surface area (Å²) >= 11 is 9.31. The topological polar surface area (TPSA) is 93.7 Å². The van der Waals surface area contributed by atoms with E-state index in [2.05, 4.69) is 26.6 Å². The summed E-state index contributed by atoms with van der Waals surface area (Å²) in [6.07, 6.45) is -0.243. The largest absolute Gasteiger partial charge is 0.457 e. The zero-order valence-corrected chi connectivity index (χ0v) is 20.6. The van der Waals surface area contributed by atoms with Crippen molar-refractivity contribution >= 4 is 56.7 Å². The van der Waals surface area contributed by atoms with Crippen LogP contribution in [0, 0.1) is 6.92 Å². The van der Waals surface area contributed by atoms with Gasteiger partial charge in [0.25, 0.3) is 5.91 Å². The highest BCUT2D eigenvalue weighted by Gasteiger charge is 2.12. The molecule has 0 bridgehead atoms. The Kier molecular flexibility index (Phi) is 9.07. The van der Waals surface area contributed by atoms with E-state index >= 15 is 0 Å². The molecule has 0 saturated heterocycles. The maximum absolute atomic E-state index is 12.1. The summed E-state index contributed by atoms with van der Waals surface area (Å²) in [5.41, 5.74) is 1.99. The number of carbonyl (C=O) groups is 3. The lowest BCUT2D eigenvalue weighted by atomic mass is 10.2. The summed E-state index contributed by atoms with van der Waals surface area (Å²) in [7, 11) is 0. The van der Waals surface area contributed by atoms with E-state index in [-0.39, 0.29) is 18.7 Å². The normalized spacial score (nSPS) is 10.3. The molecule has 0 radical (unpaired) electrons. The predicted octanol–water partition coefficient (Wildman–Crippen LogP) is 6.10. The van der Waals surface area contributed by atoms with Gasteiger partial charge in [-0.2, -0.15) is 0 Å². The average Bonchev–Trinajstić information content (AvgIpc) is 2.81. The van der Waals surface area contributed by atoms with Crippen LogP contribution in [-0.2, 0) is 19.1 Å². The highest BCUT2D eigenvalue weighted by molar-refractivity contribution is 9.10. The molecule has 0 atom stereocenters. The van der Waals surface area contributed by atoms with E-state index < -0.39 is 18.5 Å². The molecule has 0 aliphatic heterocycles. The molecular weight excluding hydrogens is 524 g/mol. The van der Waals surface area contributed by atoms with Gasteiger partial charge in [0.1, 0.15) is 11.5 Å². The Bertz CT molecular complexity index is 1180. The fraction of sp³-hybridized carbons (Fsp3) is 0.160. The van der Waals surface area contributed by atoms with Crippen LogP contribution in [0.3, 0.4) is 0 Å². The third-order valence-electron chi connectivity index (χ3n) is 4.59. The summed E-state index contributed by atoms with van der Waals surface area (Å²) in [6, 6.07) is 19.5. The molecule has 3 aromatic rings. The maximum atomic E-state index is 12.1. The van der Waals surface area contributed by atoms with Gasteiger partial charge in [0.05, 0.1) is 17.1 Å². The van der Waals surface area contributed by atoms with Crippen LogP contribution in [0.4, 0.5) is 11.4 Å². The molecule has 2 amide bonds. The molecule has 7 nitrogen and oxygen atoms in total. The second kappa shape index (κ2) is 12.2. The number of anilines is 2. The average molecular weight is 546 g/mol. The number of ether oxygens (including phenoxy) is 2. The molecule has 2 N–H and O–H groups in total. The summed E-state index contributed by atoms with van der Waals surface area (Å²) in [6.45, 7) is 1.48. The van der Waals surface area contributed by atoms with Crippen molar-refractivity contribution in [1.29, 1.82) is 0 Å². The number of hydrogen-bond acceptors (Lipinski definition) is 5. The van der Waals surface area contributed by atoms with E-state index in [4.69, 9.17) is 21.1 Å². The first-order valence-corrected chi connectivity index (χ1v) is 11.5. The molecule has 0 aliphatic rings. The van der Waals surface area contributed by atoms with Crippen LogP contribution in [-0.4, -0.2) is 24.4 Å². The number of amides is 2. The minimum Gasteiger partial charge on any atom is -0.457 e. The van der Waals surface area contributed by atoms with E-state index in [0.717, 1.165) is 15.8 Å². The third kappa shape index (κ3) is 7.90. The minimum absolute atomic E-state index is 0.0829. The summed E-state index contributed by atoms with van der Waals surface area (Å²) in [5.74, 6) is -0.148. The van der Waals surface area contributed by atoms with Gasteiger partial charge >= 0.3 is 5.97 Å². The zero-order chi connectivity index (χ0) is 24.5. The van der Waals surface area contributed by atoms with Crippen LogP contribution < -0.4 is 15.4 Å². The van der Waals surface area contributed by atoms with Crippen LogP contribution in [0.1, 0.15) is 18.4 Å². The van der Waals surface area contributed by atoms with E-state index in [1.165, 1.54) is 0 Å². The van der Waals surface area contributed by atoms with Crippen molar-refractivity contribution in [2.45, 2.75) is 19.8 Å². The molecule has 34 heavy (non-hydrogen) atoms. The first kappa shape index (κ1) is 25.3. The number of nitrogens with one attached hydrogen (secondary N) is 2. The van der Waals surface area contributed by atoms with Crippen molar-refractivity contribution in [2.75, 3.05) is 17.2 Å². The van der Waals surface area contributed by atoms with Gasteiger partial charge in [-0.1, -0.05) is 45.7 Å². The Morgan fingerprint density at radius 1 is 0.912 bits per heavy atom. The van der Waals surface area contributed by atoms with Crippen LogP contribution in [0.25, 0.3) is 0 Å². The van der Waals surface area contributed by atoms with E-state index in [9.17, 15) is 14.4 Å². The molecule has 9 heteroatoms. The van der Waals surface area contributed by atoms with Crippen LogP contribution in [0.2, 0.25) is 5.02 Å². The SMILES string of the molecule is Cc1ccccc1Oc1ccc(NC(=O)CCC(=O)OCC(=O)Nc2ccc(Br)cc2Cl)cc1. The van der Waals surface area contributed by atoms with Crippen molar-refractivity contribution in [3.8, 4) is 11.5 Å². The first-order valence-electron chi connectivity index (χ1n) is 10.3. The van der Waals surface area contributed by atoms with Gasteiger partial charge in [-0.25, -0.2) is 0 Å². The number of aryl methyl sites for hydroxylation is 1. The summed E-state index contributed by atoms with van der Waals surface area (Å²) in [4.78, 5) is 36.0. The molecule has 3 aromatic carbocycles. The summed E-state index contributed by atoms with van der Waals surface area (Å²) in [5, 5.41) is 5.61. The van der Waals surface area contributed by atoms with Gasteiger partial charge in [0.15, 0.2) is 6.61 Å². The second-order valence-corrected chi connectivity index (χ2v) is 8.60. The van der Waals surface area contributed by atoms with Gasteiger partial charge in [-0.15, -0.1) is 0 Å². The van der Waals surface area contributed by atoms with E-state index in [1.807, 2.05) is 31.2 Å². The molecule has 0 aromatic heterocycles. The van der Waals surface area contributed by atoms with Gasteiger partial charge in [0, 0.05) is 16.6 Å². The lowest BCUT2D eigenvalue weighted by Gasteiger charge is -2.10. The number of benzene rings is 3. The van der Waals surface area contributed by atoms with E-state index in [1.54, 1.807) is 42.5 Å². The smallest absolute Gasteiger partial charge is 0.306 e. The highest BCUT2D eigenvalue weighted by atomic mass is 79.9. The lowest BCUT2D eigenvalue weighted by Crippen LogP contribution is -2.22. The fourth-order valence-corrected chi connectivity index (χ4v) is 3.56. The molecule has 0 unspecified atom stereocenters. The number of halogens is 2. The highest BCUT2D eigenvalue weighted by Crippen LogP contribution is 2.26. The standard InChI is InChI=1S/C25H22BrClN2O5/c1-16-4-2-3-5-22(16)34-19-9-7-18(8-10-19)28-23(30)12-13-25(32)33-15-24(31)29-21-11-6-17(26)14-20(21)27/h2-11,14H,12-13,15H2,1H3,(H,28,30)(H,29,31). The number of esters is 1. The van der Waals surface area contributed by atoms with Gasteiger partial charge in [-0.3, -0.25) is 14.4 Å². The lowest BCUT2D eigenvalue weighted by molar-refractivity contribution is -0.147. The molecule has 0 fully saturated rings. The Labute approximate surface area is 210 Å². The van der Waals surface area contributed by atoms with E-state index in [0.29, 0.717) is 22.1 Å². The fourth-order valence-electron chi connectivity index (χ4n) is 2.84. The second-order valence-electron chi connectivity index (χ2n) is 7.27. The van der Waals surface area contributed by atoms with Gasteiger partial charge in [0.2, 0.25) is 5.91 Å². The van der Waals surface area contributed by atoms with Gasteiger partial charge in [-0.05, 0) is 61.0 Å². The minimum atomic E-state index is -0.658. The van der Waals surface area contributed by atoms with Crippen LogP contribution in [0.5, 0.6) is 11.5 Å². The quantitative estimate of drug-likeness (QED) is 0.317. The van der Waals surface area contributed by atoms with Crippen molar-refractivity contribution in [3.05, 3.63) is 81.8 Å². The molecular formula is C25H22BrClN2O5. The molecule has 0 heterocycles. The van der Waals surface area contributed by atoms with Crippen LogP contribution >= 0.6 is 27.5 Å². The number of para-hydroxylation sites is 1. The first-order chi connectivity index (χ1) is 16.3. The maximum Gasteiger partial charge on any atom is 0.306 e. The van der Waals surface area contributed by atoms with Crippen molar-refractivity contribution in [2.24, 2.45) is 0 Å². The molecule has 3 rings (SSSR count). The Hall–Kier alpha value is -3.36. The molecule has 0 aliphatic carbocycles. The molecule has 0 spiro atoms. The van der Waals surface area contributed by atoms with Crippen molar-refractivity contribution in [3.63, 3.8) is 0 Å². The Morgan fingerprint density at radius 2 is 1.65 bits per heavy atom. The third-order valence-corrected chi connectivity index (χ3v) is 5.39. The monoisotopic (exact) mass is 544 g/mol. The number of hydrogen-bond donors (Lipinski definition) is 2. The number of rotatable bonds is 9. The van der Waals surface area contributed by atoms with Crippen molar-refractivity contribution in [1.82, 2.24) is 0 Å². The predicted molar refractivity (Wildman–Crippen MR) is 134 cm³/mol. The molecule has 0 saturated carbocycles. The summed E-state index contributed by atoms with van der Waals surface area (Å²) < 4.78 is 11.5. The number of carbonyl (C=O) groups excluding carboxylic acids is 3. The Morgan fingerprint density at radius 3 is 2.35 bits per heavy atom. The van der Waals surface area contributed by atoms with Crippen LogP contribution in [0.15, 0.2) is 71.2 Å². The zero-order valence-electron chi connectivity index (χ0n) is 18.3. The Balaban J connectivity index is 1.38. The van der Waals surface area contributed by atoms with Crippen molar-refractivity contribution < 1.29 is 23.9 Å². The van der Waals surface area contributed by atoms with Gasteiger partial charge < -0.3 is 20.1 Å². The molecule has 176 valence electrons.